The van der Waals surface area contributed by atoms with Gasteiger partial charge >= 0.3 is 0 Å². The van der Waals surface area contributed by atoms with E-state index >= 15 is 0 Å². The zero-order valence-electron chi connectivity index (χ0n) is 13.0. The number of aromatic nitrogens is 2. The number of benzene rings is 2. The predicted molar refractivity (Wildman–Crippen MR) is 90.9 cm³/mol. The van der Waals surface area contributed by atoms with Crippen molar-refractivity contribution in [1.82, 2.24) is 9.97 Å². The van der Waals surface area contributed by atoms with Crippen LogP contribution in [0.5, 0.6) is 0 Å². The molecule has 6 heteroatoms. The Labute approximate surface area is 138 Å². The Morgan fingerprint density at radius 2 is 1.75 bits per heavy atom. The Bertz CT molecular complexity index is 837. The maximum Gasteiger partial charge on any atom is 0.276 e. The van der Waals surface area contributed by atoms with Crippen LogP contribution in [-0.4, -0.2) is 22.9 Å². The summed E-state index contributed by atoms with van der Waals surface area (Å²) in [6.07, 6.45) is 1.50. The van der Waals surface area contributed by atoms with Gasteiger partial charge in [0, 0.05) is 24.6 Å². The lowest BCUT2D eigenvalue weighted by atomic mass is 10.2. The van der Waals surface area contributed by atoms with Crippen LogP contribution in [0.15, 0.2) is 66.9 Å². The summed E-state index contributed by atoms with van der Waals surface area (Å²) in [4.78, 5) is 22.4. The monoisotopic (exact) mass is 322 g/mol. The third kappa shape index (κ3) is 3.55. The highest BCUT2D eigenvalue weighted by molar-refractivity contribution is 6.04. The molecule has 3 aromatic rings. The van der Waals surface area contributed by atoms with Crippen molar-refractivity contribution in [3.8, 4) is 0 Å². The van der Waals surface area contributed by atoms with E-state index in [1.807, 2.05) is 30.3 Å². The lowest BCUT2D eigenvalue weighted by Crippen LogP contribution is -2.27. The highest BCUT2D eigenvalue weighted by Crippen LogP contribution is 2.16. The number of nitrogens with one attached hydrogen (secondary N) is 1. The number of amides is 1. The lowest BCUT2D eigenvalue weighted by molar-refractivity contribution is 0.0988. The van der Waals surface area contributed by atoms with Gasteiger partial charge in [0.1, 0.15) is 11.5 Å². The molecule has 5 nitrogen and oxygen atoms in total. The van der Waals surface area contributed by atoms with Crippen LogP contribution in [0.1, 0.15) is 10.5 Å². The molecule has 0 aliphatic carbocycles. The highest BCUT2D eigenvalue weighted by Gasteiger charge is 2.15. The molecule has 0 spiro atoms. The van der Waals surface area contributed by atoms with Gasteiger partial charge in [0.15, 0.2) is 0 Å². The van der Waals surface area contributed by atoms with Crippen molar-refractivity contribution in [2.45, 2.75) is 0 Å². The van der Waals surface area contributed by atoms with Gasteiger partial charge < -0.3 is 10.2 Å². The predicted octanol–water partition coefficient (Wildman–Crippen LogP) is 3.64. The van der Waals surface area contributed by atoms with Crippen LogP contribution in [-0.2, 0) is 0 Å². The van der Waals surface area contributed by atoms with E-state index in [2.05, 4.69) is 15.3 Å². The molecule has 0 fully saturated rings. The normalized spacial score (nSPS) is 10.2. The van der Waals surface area contributed by atoms with Crippen molar-refractivity contribution in [3.05, 3.63) is 78.4 Å². The molecule has 0 atom stereocenters. The summed E-state index contributed by atoms with van der Waals surface area (Å²) in [5.74, 6) is -0.297. The molecule has 120 valence electrons. The molecule has 0 aliphatic heterocycles. The Balaban J connectivity index is 1.79. The largest absolute Gasteiger partial charge is 0.324 e. The maximum absolute atomic E-state index is 12.9. The summed E-state index contributed by atoms with van der Waals surface area (Å²) in [6, 6.07) is 16.7. The number of hydrogen-bond acceptors (Lipinski definition) is 4. The average molecular weight is 322 g/mol. The van der Waals surface area contributed by atoms with Gasteiger partial charge in [-0.1, -0.05) is 18.2 Å². The van der Waals surface area contributed by atoms with Crippen molar-refractivity contribution in [2.24, 2.45) is 0 Å². The third-order valence-corrected chi connectivity index (χ3v) is 3.42. The van der Waals surface area contributed by atoms with E-state index in [0.717, 1.165) is 5.69 Å². The number of rotatable bonds is 4. The first kappa shape index (κ1) is 15.6. The number of halogens is 1. The maximum atomic E-state index is 12.9. The Hall–Kier alpha value is -3.28. The second kappa shape index (κ2) is 6.87. The van der Waals surface area contributed by atoms with Crippen LogP contribution in [0.4, 0.5) is 21.7 Å². The van der Waals surface area contributed by atoms with E-state index in [1.54, 1.807) is 25.2 Å². The van der Waals surface area contributed by atoms with E-state index in [4.69, 9.17) is 0 Å². The molecule has 1 heterocycles. The smallest absolute Gasteiger partial charge is 0.276 e. The molecule has 0 saturated heterocycles. The first-order valence-electron chi connectivity index (χ1n) is 7.32. The molecular formula is C18H15FN4O. The number of para-hydroxylation sites is 1. The van der Waals surface area contributed by atoms with Crippen LogP contribution in [0.3, 0.4) is 0 Å². The second-order valence-electron chi connectivity index (χ2n) is 5.10. The summed E-state index contributed by atoms with van der Waals surface area (Å²) in [6.45, 7) is 0. The minimum Gasteiger partial charge on any atom is -0.324 e. The second-order valence-corrected chi connectivity index (χ2v) is 5.10. The molecular weight excluding hydrogens is 307 g/mol. The van der Waals surface area contributed by atoms with Crippen molar-refractivity contribution in [1.29, 1.82) is 0 Å². The number of carbonyl (C=O) groups excluding carboxylic acids is 1. The van der Waals surface area contributed by atoms with Gasteiger partial charge in [0.2, 0.25) is 5.95 Å². The van der Waals surface area contributed by atoms with Crippen LogP contribution >= 0.6 is 0 Å². The fraction of sp³-hybridized carbons (Fsp3) is 0.0556. The van der Waals surface area contributed by atoms with E-state index in [9.17, 15) is 9.18 Å². The van der Waals surface area contributed by atoms with Crippen LogP contribution in [0.2, 0.25) is 0 Å². The van der Waals surface area contributed by atoms with Gasteiger partial charge in [-0.15, -0.1) is 0 Å². The topological polar surface area (TPSA) is 58.1 Å². The zero-order chi connectivity index (χ0) is 16.9. The summed E-state index contributed by atoms with van der Waals surface area (Å²) in [5, 5.41) is 2.95. The average Bonchev–Trinajstić information content (AvgIpc) is 2.63. The van der Waals surface area contributed by atoms with E-state index < -0.39 is 0 Å². The first-order valence-corrected chi connectivity index (χ1v) is 7.32. The molecule has 1 N–H and O–H groups in total. The minimum atomic E-state index is -0.324. The first-order chi connectivity index (χ1) is 11.6. The van der Waals surface area contributed by atoms with Crippen molar-refractivity contribution in [2.75, 3.05) is 17.3 Å². The van der Waals surface area contributed by atoms with E-state index in [1.165, 1.54) is 23.2 Å². The summed E-state index contributed by atoms with van der Waals surface area (Å²) in [5.41, 5.74) is 1.67. The number of anilines is 3. The number of nitrogens with zero attached hydrogens (tertiary/aromatic N) is 3. The fourth-order valence-electron chi connectivity index (χ4n) is 2.14. The van der Waals surface area contributed by atoms with Crippen LogP contribution < -0.4 is 10.2 Å². The molecule has 0 saturated carbocycles. The van der Waals surface area contributed by atoms with Crippen molar-refractivity contribution < 1.29 is 9.18 Å². The summed E-state index contributed by atoms with van der Waals surface area (Å²) in [7, 11) is 1.69. The molecule has 0 bridgehead atoms. The van der Waals surface area contributed by atoms with Crippen LogP contribution in [0, 0.1) is 5.82 Å². The van der Waals surface area contributed by atoms with Gasteiger partial charge in [-0.3, -0.25) is 4.79 Å². The van der Waals surface area contributed by atoms with Gasteiger partial charge in [0.25, 0.3) is 5.91 Å². The fourth-order valence-corrected chi connectivity index (χ4v) is 2.14. The van der Waals surface area contributed by atoms with Crippen molar-refractivity contribution >= 4 is 23.2 Å². The van der Waals surface area contributed by atoms with Gasteiger partial charge in [-0.25, -0.2) is 14.4 Å². The third-order valence-electron chi connectivity index (χ3n) is 3.42. The number of carbonyl (C=O) groups is 1. The molecule has 0 radical (unpaired) electrons. The van der Waals surface area contributed by atoms with Gasteiger partial charge in [0.05, 0.1) is 0 Å². The van der Waals surface area contributed by atoms with Crippen molar-refractivity contribution in [3.63, 3.8) is 0 Å². The molecule has 1 amide bonds. The Morgan fingerprint density at radius 3 is 2.46 bits per heavy atom. The molecule has 2 aromatic carbocycles. The SMILES string of the molecule is CN(C(=O)c1ccnc(Nc2ccc(F)cc2)n1)c1ccccc1. The van der Waals surface area contributed by atoms with E-state index in [0.29, 0.717) is 5.69 Å². The quantitative estimate of drug-likeness (QED) is 0.797. The lowest BCUT2D eigenvalue weighted by Gasteiger charge is -2.17. The van der Waals surface area contributed by atoms with Gasteiger partial charge in [-0.2, -0.15) is 0 Å². The Kier molecular flexibility index (Phi) is 4.47. The van der Waals surface area contributed by atoms with Crippen LogP contribution in [0.25, 0.3) is 0 Å². The Morgan fingerprint density at radius 1 is 1.04 bits per heavy atom. The molecule has 0 aliphatic rings. The highest BCUT2D eigenvalue weighted by atomic mass is 19.1. The number of hydrogen-bond donors (Lipinski definition) is 1. The van der Waals surface area contributed by atoms with E-state index in [-0.39, 0.29) is 23.4 Å². The molecule has 3 rings (SSSR count). The minimum absolute atomic E-state index is 0.245. The molecule has 1 aromatic heterocycles. The summed E-state index contributed by atoms with van der Waals surface area (Å²) >= 11 is 0. The van der Waals surface area contributed by atoms with Gasteiger partial charge in [-0.05, 0) is 42.5 Å². The molecule has 24 heavy (non-hydrogen) atoms. The summed E-state index contributed by atoms with van der Waals surface area (Å²) < 4.78 is 12.9. The molecule has 0 unspecified atom stereocenters. The standard InChI is InChI=1S/C18H15FN4O/c1-23(15-5-3-2-4-6-15)17(24)16-11-12-20-18(22-16)21-14-9-7-13(19)8-10-14/h2-12H,1H3,(H,20,21,22). The zero-order valence-corrected chi connectivity index (χ0v) is 13.0.